The van der Waals surface area contributed by atoms with Crippen LogP contribution in [0.4, 0.5) is 11.5 Å². The van der Waals surface area contributed by atoms with E-state index in [1.807, 2.05) is 6.20 Å². The number of pyridine rings is 1. The fourth-order valence-corrected chi connectivity index (χ4v) is 2.35. The predicted octanol–water partition coefficient (Wildman–Crippen LogP) is 4.24. The summed E-state index contributed by atoms with van der Waals surface area (Å²) in [5, 5.41) is 3.35. The van der Waals surface area contributed by atoms with E-state index in [1.54, 1.807) is 0 Å². The Morgan fingerprint density at radius 2 is 2.00 bits per heavy atom. The largest absolute Gasteiger partial charge is 0.370 e. The summed E-state index contributed by atoms with van der Waals surface area (Å²) in [6, 6.07) is 12.9. The van der Waals surface area contributed by atoms with E-state index in [4.69, 9.17) is 0 Å². The van der Waals surface area contributed by atoms with Crippen molar-refractivity contribution in [1.82, 2.24) is 4.98 Å². The Balaban J connectivity index is 2.11. The Kier molecular flexibility index (Phi) is 5.61. The molecule has 3 heteroatoms. The van der Waals surface area contributed by atoms with Crippen LogP contribution in [0.1, 0.15) is 31.4 Å². The van der Waals surface area contributed by atoms with Crippen molar-refractivity contribution in [3.8, 4) is 0 Å². The number of nitrogens with zero attached hydrogens (tertiary/aromatic N) is 2. The van der Waals surface area contributed by atoms with Crippen molar-refractivity contribution < 1.29 is 0 Å². The van der Waals surface area contributed by atoms with Crippen LogP contribution in [-0.2, 0) is 6.54 Å². The predicted molar refractivity (Wildman–Crippen MR) is 90.9 cm³/mol. The first-order chi connectivity index (χ1) is 10.2. The van der Waals surface area contributed by atoms with E-state index in [0.29, 0.717) is 0 Å². The highest BCUT2D eigenvalue weighted by atomic mass is 15.1. The summed E-state index contributed by atoms with van der Waals surface area (Å²) in [6.45, 7) is 9.35. The first-order valence-corrected chi connectivity index (χ1v) is 7.73. The minimum Gasteiger partial charge on any atom is -0.370 e. The Morgan fingerprint density at radius 1 is 1.14 bits per heavy atom. The number of aromatic nitrogens is 1. The Bertz CT molecular complexity index is 566. The van der Waals surface area contributed by atoms with Crippen molar-refractivity contribution in [3.63, 3.8) is 0 Å². The fourth-order valence-electron chi connectivity index (χ4n) is 2.35. The first kappa shape index (κ1) is 15.4. The molecule has 0 bridgehead atoms. The molecular formula is C18H25N3. The van der Waals surface area contributed by atoms with Crippen molar-refractivity contribution >= 4 is 11.5 Å². The average molecular weight is 283 g/mol. The van der Waals surface area contributed by atoms with E-state index in [9.17, 15) is 0 Å². The molecule has 1 N–H and O–H groups in total. The number of anilines is 2. The van der Waals surface area contributed by atoms with E-state index in [-0.39, 0.29) is 0 Å². The summed E-state index contributed by atoms with van der Waals surface area (Å²) in [4.78, 5) is 6.75. The van der Waals surface area contributed by atoms with Crippen LogP contribution in [0.15, 0.2) is 42.6 Å². The van der Waals surface area contributed by atoms with Gasteiger partial charge in [0.25, 0.3) is 0 Å². The SMILES string of the molecule is CCCNc1cc(CN(CC)c2cccc(C)c2)ccn1. The van der Waals surface area contributed by atoms with Crippen molar-refractivity contribution in [1.29, 1.82) is 0 Å². The lowest BCUT2D eigenvalue weighted by atomic mass is 10.2. The van der Waals surface area contributed by atoms with Gasteiger partial charge in [0.15, 0.2) is 0 Å². The molecule has 0 atom stereocenters. The van der Waals surface area contributed by atoms with Gasteiger partial charge in [0, 0.05) is 31.5 Å². The number of hydrogen-bond donors (Lipinski definition) is 1. The highest BCUT2D eigenvalue weighted by Gasteiger charge is 2.06. The molecular weight excluding hydrogens is 258 g/mol. The molecule has 0 aliphatic carbocycles. The molecule has 21 heavy (non-hydrogen) atoms. The first-order valence-electron chi connectivity index (χ1n) is 7.73. The van der Waals surface area contributed by atoms with Gasteiger partial charge in [0.2, 0.25) is 0 Å². The molecule has 0 spiro atoms. The molecule has 2 aromatic rings. The monoisotopic (exact) mass is 283 g/mol. The van der Waals surface area contributed by atoms with Gasteiger partial charge in [-0.15, -0.1) is 0 Å². The van der Waals surface area contributed by atoms with Crippen LogP contribution in [0.5, 0.6) is 0 Å². The van der Waals surface area contributed by atoms with Gasteiger partial charge in [0.1, 0.15) is 5.82 Å². The van der Waals surface area contributed by atoms with E-state index >= 15 is 0 Å². The molecule has 3 nitrogen and oxygen atoms in total. The zero-order valence-electron chi connectivity index (χ0n) is 13.3. The minimum atomic E-state index is 0.906. The Hall–Kier alpha value is -2.03. The van der Waals surface area contributed by atoms with E-state index in [0.717, 1.165) is 31.9 Å². The number of rotatable bonds is 7. The van der Waals surface area contributed by atoms with Crippen LogP contribution in [0, 0.1) is 6.92 Å². The molecule has 1 aromatic carbocycles. The lowest BCUT2D eigenvalue weighted by Gasteiger charge is -2.24. The molecule has 0 unspecified atom stereocenters. The lowest BCUT2D eigenvalue weighted by molar-refractivity contribution is 0.829. The average Bonchev–Trinajstić information content (AvgIpc) is 2.51. The number of hydrogen-bond acceptors (Lipinski definition) is 3. The van der Waals surface area contributed by atoms with Crippen LogP contribution >= 0.6 is 0 Å². The van der Waals surface area contributed by atoms with Crippen LogP contribution in [0.25, 0.3) is 0 Å². The second-order valence-corrected chi connectivity index (χ2v) is 5.33. The highest BCUT2D eigenvalue weighted by molar-refractivity contribution is 5.49. The van der Waals surface area contributed by atoms with Crippen molar-refractivity contribution in [2.75, 3.05) is 23.3 Å². The third-order valence-corrected chi connectivity index (χ3v) is 3.50. The summed E-state index contributed by atoms with van der Waals surface area (Å²) >= 11 is 0. The summed E-state index contributed by atoms with van der Waals surface area (Å²) in [7, 11) is 0. The van der Waals surface area contributed by atoms with Crippen LogP contribution < -0.4 is 10.2 Å². The topological polar surface area (TPSA) is 28.2 Å². The molecule has 1 aromatic heterocycles. The van der Waals surface area contributed by atoms with Gasteiger partial charge in [0.05, 0.1) is 0 Å². The number of nitrogens with one attached hydrogen (secondary N) is 1. The Morgan fingerprint density at radius 3 is 2.71 bits per heavy atom. The molecule has 1 heterocycles. The summed E-state index contributed by atoms with van der Waals surface area (Å²) in [5.41, 5.74) is 3.86. The van der Waals surface area contributed by atoms with Gasteiger partial charge in [-0.3, -0.25) is 0 Å². The second kappa shape index (κ2) is 7.67. The van der Waals surface area contributed by atoms with Gasteiger partial charge in [-0.1, -0.05) is 19.1 Å². The third kappa shape index (κ3) is 4.48. The number of benzene rings is 1. The molecule has 0 saturated carbocycles. The standard InChI is InChI=1S/C18H25N3/c1-4-10-19-18-13-16(9-11-20-18)14-21(5-2)17-8-6-7-15(3)12-17/h6-9,11-13H,4-5,10,14H2,1-3H3,(H,19,20). The zero-order valence-corrected chi connectivity index (χ0v) is 13.3. The van der Waals surface area contributed by atoms with Crippen LogP contribution in [-0.4, -0.2) is 18.1 Å². The van der Waals surface area contributed by atoms with Gasteiger partial charge in [-0.05, 0) is 55.7 Å². The summed E-state index contributed by atoms with van der Waals surface area (Å²) < 4.78 is 0. The van der Waals surface area contributed by atoms with Crippen molar-refractivity contribution in [2.24, 2.45) is 0 Å². The zero-order chi connectivity index (χ0) is 15.1. The molecule has 0 aliphatic rings. The maximum Gasteiger partial charge on any atom is 0.126 e. The van der Waals surface area contributed by atoms with Crippen LogP contribution in [0.3, 0.4) is 0 Å². The lowest BCUT2D eigenvalue weighted by Crippen LogP contribution is -2.22. The molecule has 2 rings (SSSR count). The summed E-state index contributed by atoms with van der Waals surface area (Å²) in [5.74, 6) is 0.967. The fraction of sp³-hybridized carbons (Fsp3) is 0.389. The highest BCUT2D eigenvalue weighted by Crippen LogP contribution is 2.19. The maximum atomic E-state index is 4.37. The van der Waals surface area contributed by atoms with E-state index < -0.39 is 0 Å². The summed E-state index contributed by atoms with van der Waals surface area (Å²) in [6.07, 6.45) is 2.99. The van der Waals surface area contributed by atoms with Gasteiger partial charge >= 0.3 is 0 Å². The number of aryl methyl sites for hydroxylation is 1. The van der Waals surface area contributed by atoms with Gasteiger partial charge in [-0.2, -0.15) is 0 Å². The molecule has 0 fully saturated rings. The van der Waals surface area contributed by atoms with Gasteiger partial charge in [-0.25, -0.2) is 4.98 Å². The van der Waals surface area contributed by atoms with Gasteiger partial charge < -0.3 is 10.2 Å². The Labute approximate surface area is 128 Å². The van der Waals surface area contributed by atoms with E-state index in [2.05, 4.69) is 72.4 Å². The van der Waals surface area contributed by atoms with Crippen LogP contribution in [0.2, 0.25) is 0 Å². The third-order valence-electron chi connectivity index (χ3n) is 3.50. The second-order valence-electron chi connectivity index (χ2n) is 5.33. The van der Waals surface area contributed by atoms with Crippen molar-refractivity contribution in [3.05, 3.63) is 53.7 Å². The molecule has 0 saturated heterocycles. The van der Waals surface area contributed by atoms with Crippen molar-refractivity contribution in [2.45, 2.75) is 33.7 Å². The normalized spacial score (nSPS) is 10.4. The smallest absolute Gasteiger partial charge is 0.126 e. The maximum absolute atomic E-state index is 4.37. The molecule has 0 aliphatic heterocycles. The molecule has 0 amide bonds. The van der Waals surface area contributed by atoms with E-state index in [1.165, 1.54) is 16.8 Å². The quantitative estimate of drug-likeness (QED) is 0.824. The molecule has 112 valence electrons. The molecule has 0 radical (unpaired) electrons. The minimum absolute atomic E-state index is 0.906.